The van der Waals surface area contributed by atoms with Gasteiger partial charge in [0, 0.05) is 39.5 Å². The third kappa shape index (κ3) is 5.19. The van der Waals surface area contributed by atoms with Crippen molar-refractivity contribution in [3.63, 3.8) is 0 Å². The molecule has 32 heavy (non-hydrogen) atoms. The van der Waals surface area contributed by atoms with E-state index in [9.17, 15) is 4.79 Å². The molecular weight excluding hydrogens is 400 g/mol. The number of imidazole rings is 1. The number of carbonyl (C=O) groups excluding carboxylic acids is 1. The van der Waals surface area contributed by atoms with Gasteiger partial charge in [0.2, 0.25) is 0 Å². The Balaban J connectivity index is 1.54. The molecule has 0 radical (unpaired) electrons. The molecule has 1 amide bonds. The molecule has 0 saturated carbocycles. The number of rotatable bonds is 8. The minimum Gasteiger partial charge on any atom is -0.377 e. The highest BCUT2D eigenvalue weighted by Crippen LogP contribution is 2.20. The van der Waals surface area contributed by atoms with E-state index < -0.39 is 0 Å². The first-order chi connectivity index (χ1) is 15.5. The number of amides is 1. The molecule has 1 atom stereocenters. The standard InChI is InChI=1S/C26H34N4O2/c1-20-10-9-15-30-23(19-28(2)18-22-13-7-8-17-32-22)24(27-25(20)30)26(31)29(3)16-14-21-11-5-4-6-12-21/h4-6,9-12,15,22H,7-8,13-14,16-19H2,1-3H3/t22-/m0/s1. The van der Waals surface area contributed by atoms with Crippen LogP contribution in [0.5, 0.6) is 0 Å². The lowest BCUT2D eigenvalue weighted by Gasteiger charge is -2.27. The van der Waals surface area contributed by atoms with Crippen LogP contribution in [0.2, 0.25) is 0 Å². The van der Waals surface area contributed by atoms with Crippen LogP contribution < -0.4 is 0 Å². The Labute approximate surface area is 190 Å². The zero-order chi connectivity index (χ0) is 22.5. The average molecular weight is 435 g/mol. The fraction of sp³-hybridized carbons (Fsp3) is 0.462. The summed E-state index contributed by atoms with van der Waals surface area (Å²) < 4.78 is 8.00. The van der Waals surface area contributed by atoms with Gasteiger partial charge in [-0.25, -0.2) is 4.98 Å². The molecule has 0 unspecified atom stereocenters. The summed E-state index contributed by atoms with van der Waals surface area (Å²) in [6, 6.07) is 14.3. The van der Waals surface area contributed by atoms with Crippen molar-refractivity contribution in [1.82, 2.24) is 19.2 Å². The summed E-state index contributed by atoms with van der Waals surface area (Å²) in [5.41, 5.74) is 4.64. The van der Waals surface area contributed by atoms with E-state index in [1.807, 2.05) is 50.5 Å². The van der Waals surface area contributed by atoms with E-state index in [-0.39, 0.29) is 12.0 Å². The SMILES string of the molecule is Cc1cccn2c(CN(C)C[C@@H]3CCCCO3)c(C(=O)N(C)CCc3ccccc3)nc12. The van der Waals surface area contributed by atoms with E-state index in [1.165, 1.54) is 12.0 Å². The van der Waals surface area contributed by atoms with Gasteiger partial charge in [0.05, 0.1) is 11.8 Å². The Morgan fingerprint density at radius 3 is 2.72 bits per heavy atom. The van der Waals surface area contributed by atoms with Gasteiger partial charge < -0.3 is 14.0 Å². The zero-order valence-corrected chi connectivity index (χ0v) is 19.5. The second kappa shape index (κ2) is 10.3. The van der Waals surface area contributed by atoms with Crippen molar-refractivity contribution in [2.45, 2.75) is 45.3 Å². The second-order valence-corrected chi connectivity index (χ2v) is 8.94. The number of hydrogen-bond donors (Lipinski definition) is 0. The maximum atomic E-state index is 13.4. The fourth-order valence-electron chi connectivity index (χ4n) is 4.42. The van der Waals surface area contributed by atoms with E-state index in [1.54, 1.807) is 4.90 Å². The minimum atomic E-state index is -0.0265. The first-order valence-electron chi connectivity index (χ1n) is 11.6. The Bertz CT molecular complexity index is 1040. The number of aryl methyl sites for hydroxylation is 1. The number of aromatic nitrogens is 2. The van der Waals surface area contributed by atoms with E-state index in [2.05, 4.69) is 28.5 Å². The van der Waals surface area contributed by atoms with Gasteiger partial charge in [-0.05, 0) is 56.8 Å². The highest BCUT2D eigenvalue weighted by Gasteiger charge is 2.24. The van der Waals surface area contributed by atoms with Crippen molar-refractivity contribution in [2.24, 2.45) is 0 Å². The Hall–Kier alpha value is -2.70. The molecule has 2 aromatic heterocycles. The normalized spacial score (nSPS) is 16.6. The molecule has 3 heterocycles. The molecule has 1 fully saturated rings. The summed E-state index contributed by atoms with van der Waals surface area (Å²) in [5.74, 6) is -0.0265. The van der Waals surface area contributed by atoms with Crippen molar-refractivity contribution >= 4 is 11.6 Å². The van der Waals surface area contributed by atoms with Gasteiger partial charge in [-0.3, -0.25) is 9.69 Å². The maximum absolute atomic E-state index is 13.4. The number of carbonyl (C=O) groups is 1. The number of hydrogen-bond acceptors (Lipinski definition) is 4. The van der Waals surface area contributed by atoms with Crippen LogP contribution in [-0.2, 0) is 17.7 Å². The summed E-state index contributed by atoms with van der Waals surface area (Å²) >= 11 is 0. The van der Waals surface area contributed by atoms with Crippen LogP contribution in [-0.4, -0.2) is 65.0 Å². The summed E-state index contributed by atoms with van der Waals surface area (Å²) in [7, 11) is 3.96. The van der Waals surface area contributed by atoms with Gasteiger partial charge in [-0.1, -0.05) is 36.4 Å². The largest absolute Gasteiger partial charge is 0.377 e. The number of benzene rings is 1. The van der Waals surface area contributed by atoms with Crippen molar-refractivity contribution in [1.29, 1.82) is 0 Å². The molecule has 6 nitrogen and oxygen atoms in total. The van der Waals surface area contributed by atoms with Gasteiger partial charge in [0.25, 0.3) is 5.91 Å². The van der Waals surface area contributed by atoms with Crippen LogP contribution in [0, 0.1) is 6.92 Å². The predicted molar refractivity (Wildman–Crippen MR) is 127 cm³/mol. The van der Waals surface area contributed by atoms with Crippen LogP contribution >= 0.6 is 0 Å². The molecule has 1 saturated heterocycles. The number of pyridine rings is 1. The van der Waals surface area contributed by atoms with Crippen LogP contribution in [0.3, 0.4) is 0 Å². The third-order valence-electron chi connectivity index (χ3n) is 6.28. The van der Waals surface area contributed by atoms with Gasteiger partial charge in [-0.15, -0.1) is 0 Å². The lowest BCUT2D eigenvalue weighted by Crippen LogP contribution is -2.34. The quantitative estimate of drug-likeness (QED) is 0.539. The van der Waals surface area contributed by atoms with E-state index in [4.69, 9.17) is 9.72 Å². The molecule has 3 aromatic rings. The molecular formula is C26H34N4O2. The first kappa shape index (κ1) is 22.5. The molecule has 0 N–H and O–H groups in total. The summed E-state index contributed by atoms with van der Waals surface area (Å²) in [6.45, 7) is 5.05. The van der Waals surface area contributed by atoms with Crippen molar-refractivity contribution in [3.05, 3.63) is 71.2 Å². The van der Waals surface area contributed by atoms with E-state index in [0.29, 0.717) is 18.8 Å². The molecule has 1 aromatic carbocycles. The van der Waals surface area contributed by atoms with Crippen LogP contribution in [0.25, 0.3) is 5.65 Å². The van der Waals surface area contributed by atoms with Gasteiger partial charge >= 0.3 is 0 Å². The predicted octanol–water partition coefficient (Wildman–Crippen LogP) is 3.96. The van der Waals surface area contributed by atoms with E-state index in [0.717, 1.165) is 49.3 Å². The molecule has 1 aliphatic heterocycles. The summed E-state index contributed by atoms with van der Waals surface area (Å²) in [4.78, 5) is 22.3. The van der Waals surface area contributed by atoms with Crippen LogP contribution in [0.4, 0.5) is 0 Å². The summed E-state index contributed by atoms with van der Waals surface area (Å²) in [6.07, 6.45) is 6.58. The second-order valence-electron chi connectivity index (χ2n) is 8.94. The monoisotopic (exact) mass is 434 g/mol. The Kier molecular flexibility index (Phi) is 7.22. The fourth-order valence-corrected chi connectivity index (χ4v) is 4.42. The van der Waals surface area contributed by atoms with Crippen molar-refractivity contribution in [2.75, 3.05) is 33.8 Å². The molecule has 170 valence electrons. The van der Waals surface area contributed by atoms with Gasteiger partial charge in [0.15, 0.2) is 5.69 Å². The Morgan fingerprint density at radius 1 is 1.16 bits per heavy atom. The number of likely N-dealkylation sites (N-methyl/N-ethyl adjacent to an activating group) is 2. The van der Waals surface area contributed by atoms with E-state index >= 15 is 0 Å². The Morgan fingerprint density at radius 2 is 1.97 bits per heavy atom. The summed E-state index contributed by atoms with van der Waals surface area (Å²) in [5, 5.41) is 0. The number of ether oxygens (including phenoxy) is 1. The first-order valence-corrected chi connectivity index (χ1v) is 11.6. The highest BCUT2D eigenvalue weighted by atomic mass is 16.5. The average Bonchev–Trinajstić information content (AvgIpc) is 3.17. The lowest BCUT2D eigenvalue weighted by atomic mass is 10.1. The topological polar surface area (TPSA) is 50.1 Å². The zero-order valence-electron chi connectivity index (χ0n) is 19.5. The molecule has 0 bridgehead atoms. The lowest BCUT2D eigenvalue weighted by molar-refractivity contribution is -0.00280. The van der Waals surface area contributed by atoms with Crippen molar-refractivity contribution < 1.29 is 9.53 Å². The number of nitrogens with zero attached hydrogens (tertiary/aromatic N) is 4. The van der Waals surface area contributed by atoms with Crippen LogP contribution in [0.1, 0.15) is 46.6 Å². The molecule has 0 aliphatic carbocycles. The molecule has 1 aliphatic rings. The minimum absolute atomic E-state index is 0.0265. The molecule has 4 rings (SSSR count). The van der Waals surface area contributed by atoms with Gasteiger partial charge in [-0.2, -0.15) is 0 Å². The maximum Gasteiger partial charge on any atom is 0.274 e. The third-order valence-corrected chi connectivity index (χ3v) is 6.28. The smallest absolute Gasteiger partial charge is 0.274 e. The molecule has 6 heteroatoms. The molecule has 0 spiro atoms. The van der Waals surface area contributed by atoms with Crippen molar-refractivity contribution in [3.8, 4) is 0 Å². The number of fused-ring (bicyclic) bond motifs is 1. The highest BCUT2D eigenvalue weighted by molar-refractivity contribution is 5.94. The van der Waals surface area contributed by atoms with Gasteiger partial charge in [0.1, 0.15) is 5.65 Å². The van der Waals surface area contributed by atoms with Crippen LogP contribution in [0.15, 0.2) is 48.7 Å².